The lowest BCUT2D eigenvalue weighted by atomic mass is 9.93. The lowest BCUT2D eigenvalue weighted by Crippen LogP contribution is -2.34. The van der Waals surface area contributed by atoms with E-state index in [0.717, 1.165) is 37.4 Å². The molecule has 6 heteroatoms. The molecule has 3 rings (SSSR count). The van der Waals surface area contributed by atoms with Crippen molar-refractivity contribution in [1.82, 2.24) is 20.2 Å². The summed E-state index contributed by atoms with van der Waals surface area (Å²) in [5.41, 5.74) is 9.12. The minimum Gasteiger partial charge on any atom is -0.368 e. The van der Waals surface area contributed by atoms with Crippen LogP contribution in [0.3, 0.4) is 0 Å². The van der Waals surface area contributed by atoms with E-state index in [1.54, 1.807) is 6.20 Å². The van der Waals surface area contributed by atoms with Crippen molar-refractivity contribution < 1.29 is 0 Å². The Hall–Kier alpha value is -2.24. The minimum atomic E-state index is 0.357. The lowest BCUT2D eigenvalue weighted by Gasteiger charge is -2.33. The number of aryl methyl sites for hydroxylation is 1. The van der Waals surface area contributed by atoms with Gasteiger partial charge in [-0.2, -0.15) is 5.10 Å². The second-order valence-electron chi connectivity index (χ2n) is 5.58. The molecule has 3 heterocycles. The summed E-state index contributed by atoms with van der Waals surface area (Å²) in [5.74, 6) is 1.82. The van der Waals surface area contributed by atoms with Gasteiger partial charge in [-0.15, -0.1) is 5.10 Å². The number of aromatic nitrogens is 4. The molecule has 110 valence electrons. The van der Waals surface area contributed by atoms with Gasteiger partial charge in [-0.3, -0.25) is 0 Å². The van der Waals surface area contributed by atoms with Crippen LogP contribution in [0.1, 0.15) is 35.6 Å². The molecule has 1 aliphatic rings. The molecule has 0 spiro atoms. The van der Waals surface area contributed by atoms with Gasteiger partial charge in [-0.05, 0) is 43.9 Å². The van der Waals surface area contributed by atoms with E-state index in [4.69, 9.17) is 5.73 Å². The Morgan fingerprint density at radius 3 is 2.71 bits per heavy atom. The van der Waals surface area contributed by atoms with Crippen molar-refractivity contribution in [2.75, 3.05) is 23.7 Å². The van der Waals surface area contributed by atoms with E-state index in [2.05, 4.69) is 38.9 Å². The van der Waals surface area contributed by atoms with Crippen molar-refractivity contribution in [1.29, 1.82) is 0 Å². The van der Waals surface area contributed by atoms with E-state index < -0.39 is 0 Å². The molecule has 1 saturated heterocycles. The molecule has 1 aliphatic heterocycles. The first kappa shape index (κ1) is 13.7. The molecule has 0 bridgehead atoms. The quantitative estimate of drug-likeness (QED) is 0.906. The van der Waals surface area contributed by atoms with Gasteiger partial charge >= 0.3 is 0 Å². The van der Waals surface area contributed by atoms with Crippen molar-refractivity contribution in [3.63, 3.8) is 0 Å². The summed E-state index contributed by atoms with van der Waals surface area (Å²) in [6, 6.07) is 1.97. The highest BCUT2D eigenvalue weighted by molar-refractivity contribution is 5.48. The van der Waals surface area contributed by atoms with Crippen molar-refractivity contribution in [3.05, 3.63) is 35.3 Å². The highest BCUT2D eigenvalue weighted by atomic mass is 15.3. The smallest absolute Gasteiger partial charge is 0.220 e. The Morgan fingerprint density at radius 2 is 2.00 bits per heavy atom. The van der Waals surface area contributed by atoms with Gasteiger partial charge in [0.25, 0.3) is 0 Å². The van der Waals surface area contributed by atoms with Crippen molar-refractivity contribution >= 4 is 11.8 Å². The van der Waals surface area contributed by atoms with E-state index in [1.165, 1.54) is 11.1 Å². The SMILES string of the molecule is Cc1cnnc(N2CCC(c3ccnc(N)n3)CC2)c1C. The van der Waals surface area contributed by atoms with Gasteiger partial charge in [0.15, 0.2) is 5.82 Å². The molecular formula is C15H20N6. The number of nitrogen functional groups attached to an aromatic ring is 1. The number of anilines is 2. The third-order valence-corrected chi connectivity index (χ3v) is 4.24. The van der Waals surface area contributed by atoms with Crippen LogP contribution in [0, 0.1) is 13.8 Å². The first-order valence-corrected chi connectivity index (χ1v) is 7.27. The van der Waals surface area contributed by atoms with Crippen molar-refractivity contribution in [3.8, 4) is 0 Å². The molecule has 21 heavy (non-hydrogen) atoms. The van der Waals surface area contributed by atoms with Gasteiger partial charge in [0.1, 0.15) is 0 Å². The summed E-state index contributed by atoms with van der Waals surface area (Å²) in [5, 5.41) is 8.39. The largest absolute Gasteiger partial charge is 0.368 e. The summed E-state index contributed by atoms with van der Waals surface area (Å²) >= 11 is 0. The zero-order valence-corrected chi connectivity index (χ0v) is 12.5. The predicted octanol–water partition coefficient (Wildman–Crippen LogP) is 1.85. The van der Waals surface area contributed by atoms with E-state index >= 15 is 0 Å². The lowest BCUT2D eigenvalue weighted by molar-refractivity contribution is 0.491. The fourth-order valence-corrected chi connectivity index (χ4v) is 2.82. The predicted molar refractivity (Wildman–Crippen MR) is 82.1 cm³/mol. The summed E-state index contributed by atoms with van der Waals surface area (Å²) in [7, 11) is 0. The van der Waals surface area contributed by atoms with Gasteiger partial charge < -0.3 is 10.6 Å². The van der Waals surface area contributed by atoms with Gasteiger partial charge in [-0.1, -0.05) is 0 Å². The normalized spacial score (nSPS) is 16.2. The average molecular weight is 284 g/mol. The summed E-state index contributed by atoms with van der Waals surface area (Å²) in [4.78, 5) is 10.6. The van der Waals surface area contributed by atoms with Crippen molar-refractivity contribution in [2.24, 2.45) is 0 Å². The van der Waals surface area contributed by atoms with Crippen LogP contribution in [0.5, 0.6) is 0 Å². The van der Waals surface area contributed by atoms with E-state index in [-0.39, 0.29) is 0 Å². The molecule has 0 amide bonds. The van der Waals surface area contributed by atoms with Gasteiger partial charge in [0, 0.05) is 30.9 Å². The molecule has 0 aromatic carbocycles. The fraction of sp³-hybridized carbons (Fsp3) is 0.467. The van der Waals surface area contributed by atoms with Crippen LogP contribution in [0.2, 0.25) is 0 Å². The monoisotopic (exact) mass is 284 g/mol. The first-order chi connectivity index (χ1) is 10.1. The standard InChI is InChI=1S/C15H20N6/c1-10-9-18-20-14(11(10)2)21-7-4-12(5-8-21)13-3-6-17-15(16)19-13/h3,6,9,12H,4-5,7-8H2,1-2H3,(H2,16,17,19). The molecule has 0 radical (unpaired) electrons. The molecule has 2 aromatic rings. The average Bonchev–Trinajstić information content (AvgIpc) is 2.50. The first-order valence-electron chi connectivity index (χ1n) is 7.27. The number of nitrogens with two attached hydrogens (primary N) is 1. The molecule has 2 aromatic heterocycles. The third kappa shape index (κ3) is 2.79. The summed E-state index contributed by atoms with van der Waals surface area (Å²) in [6.07, 6.45) is 5.65. The van der Waals surface area contributed by atoms with Gasteiger partial charge in [0.05, 0.1) is 6.20 Å². The highest BCUT2D eigenvalue weighted by Gasteiger charge is 2.24. The minimum absolute atomic E-state index is 0.357. The summed E-state index contributed by atoms with van der Waals surface area (Å²) in [6.45, 7) is 6.11. The Kier molecular flexibility index (Phi) is 3.68. The second kappa shape index (κ2) is 5.63. The number of piperidine rings is 1. The molecule has 1 fully saturated rings. The number of hydrogen-bond donors (Lipinski definition) is 1. The zero-order valence-electron chi connectivity index (χ0n) is 12.5. The molecule has 0 aliphatic carbocycles. The van der Waals surface area contributed by atoms with E-state index in [9.17, 15) is 0 Å². The molecule has 6 nitrogen and oxygen atoms in total. The van der Waals surface area contributed by atoms with Crippen LogP contribution >= 0.6 is 0 Å². The van der Waals surface area contributed by atoms with Gasteiger partial charge in [-0.25, -0.2) is 9.97 Å². The molecule has 0 unspecified atom stereocenters. The molecule has 2 N–H and O–H groups in total. The number of hydrogen-bond acceptors (Lipinski definition) is 6. The molecular weight excluding hydrogens is 264 g/mol. The Bertz CT molecular complexity index is 634. The molecule has 0 atom stereocenters. The Balaban J connectivity index is 1.72. The zero-order chi connectivity index (χ0) is 14.8. The number of nitrogens with zero attached hydrogens (tertiary/aromatic N) is 5. The van der Waals surface area contributed by atoms with E-state index in [1.807, 2.05) is 12.3 Å². The topological polar surface area (TPSA) is 80.8 Å². The maximum atomic E-state index is 5.67. The van der Waals surface area contributed by atoms with Crippen LogP contribution in [-0.4, -0.2) is 33.3 Å². The van der Waals surface area contributed by atoms with E-state index in [0.29, 0.717) is 11.9 Å². The third-order valence-electron chi connectivity index (χ3n) is 4.24. The molecule has 0 saturated carbocycles. The van der Waals surface area contributed by atoms with Crippen LogP contribution < -0.4 is 10.6 Å². The van der Waals surface area contributed by atoms with Crippen LogP contribution in [0.25, 0.3) is 0 Å². The number of rotatable bonds is 2. The second-order valence-corrected chi connectivity index (χ2v) is 5.58. The van der Waals surface area contributed by atoms with Crippen LogP contribution in [-0.2, 0) is 0 Å². The maximum absolute atomic E-state index is 5.67. The van der Waals surface area contributed by atoms with Crippen molar-refractivity contribution in [2.45, 2.75) is 32.6 Å². The van der Waals surface area contributed by atoms with Crippen LogP contribution in [0.15, 0.2) is 18.5 Å². The Labute approximate surface area is 124 Å². The van der Waals surface area contributed by atoms with Gasteiger partial charge in [0.2, 0.25) is 5.95 Å². The Morgan fingerprint density at radius 1 is 1.24 bits per heavy atom. The highest BCUT2D eigenvalue weighted by Crippen LogP contribution is 2.30. The van der Waals surface area contributed by atoms with Crippen LogP contribution in [0.4, 0.5) is 11.8 Å². The fourth-order valence-electron chi connectivity index (χ4n) is 2.82. The summed E-state index contributed by atoms with van der Waals surface area (Å²) < 4.78 is 0. The maximum Gasteiger partial charge on any atom is 0.220 e.